The average Bonchev–Trinajstić information content (AvgIpc) is 4.02. The van der Waals surface area contributed by atoms with Gasteiger partial charge in [-0.25, -0.2) is 29.1 Å². The Kier molecular flexibility index (Phi) is 36.4. The number of fused-ring (bicyclic) bond motifs is 2. The lowest BCUT2D eigenvalue weighted by molar-refractivity contribution is -0.192. The summed E-state index contributed by atoms with van der Waals surface area (Å²) in [6.45, 7) is 19.4. The maximum absolute atomic E-state index is 12.9. The van der Waals surface area contributed by atoms with Crippen molar-refractivity contribution in [1.29, 1.82) is 0 Å². The van der Waals surface area contributed by atoms with E-state index in [9.17, 15) is 51.5 Å². The van der Waals surface area contributed by atoms with Crippen molar-refractivity contribution in [1.82, 2.24) is 36.6 Å². The number of aliphatic carboxylic acids is 1. The number of carbonyl (C=O) groups excluding carboxylic acids is 7. The topological polar surface area (TPSA) is 324 Å². The zero-order valence-electron chi connectivity index (χ0n) is 44.7. The zero-order valence-corrected chi connectivity index (χ0v) is 50.0. The number of carbonyl (C=O) groups is 9. The first-order valence-electron chi connectivity index (χ1n) is 23.8. The van der Waals surface area contributed by atoms with Crippen LogP contribution in [0.25, 0.3) is 0 Å². The molecule has 4 atom stereocenters. The Bertz CT molecular complexity index is 2280. The number of thiazole rings is 2. The Morgan fingerprint density at radius 1 is 1.00 bits per heavy atom. The zero-order chi connectivity index (χ0) is 59.9. The molecule has 0 unspecified atom stereocenters. The third-order valence-electron chi connectivity index (χ3n) is 9.23. The quantitative estimate of drug-likeness (QED) is 0.0348. The molecular formula is C48H72Cl2F3IN8O13S2. The molecule has 0 saturated heterocycles. The van der Waals surface area contributed by atoms with E-state index in [2.05, 4.69) is 66.1 Å². The summed E-state index contributed by atoms with van der Waals surface area (Å²) in [7, 11) is 0. The van der Waals surface area contributed by atoms with E-state index in [1.54, 1.807) is 57.4 Å². The molecular weight excluding hydrogens is 1220 g/mol. The minimum atomic E-state index is -5.08. The molecule has 2 bridgehead atoms. The monoisotopic (exact) mass is 1290 g/mol. The second-order valence-electron chi connectivity index (χ2n) is 17.5. The fourth-order valence-electron chi connectivity index (χ4n) is 5.26. The van der Waals surface area contributed by atoms with Crippen LogP contribution in [-0.2, 0) is 56.1 Å². The van der Waals surface area contributed by atoms with Crippen LogP contribution in [0.15, 0.2) is 35.1 Å². The van der Waals surface area contributed by atoms with Crippen LogP contribution < -0.4 is 32.3 Å². The van der Waals surface area contributed by atoms with E-state index in [1.165, 1.54) is 48.8 Å². The number of aromatic carboxylic acids is 1. The summed E-state index contributed by atoms with van der Waals surface area (Å²) in [6.07, 6.45) is 0.612. The predicted octanol–water partition coefficient (Wildman–Crippen LogP) is 6.83. The number of cyclic esters (lactones) is 1. The van der Waals surface area contributed by atoms with E-state index < -0.39 is 89.1 Å². The van der Waals surface area contributed by atoms with Crippen LogP contribution in [0.1, 0.15) is 133 Å². The number of rotatable bonds is 17. The number of nitrogens with one attached hydrogen (secondary N) is 5. The summed E-state index contributed by atoms with van der Waals surface area (Å²) in [5.74, 6) is -7.45. The number of aromatic nitrogens is 2. The highest BCUT2D eigenvalue weighted by atomic mass is 127. The number of amides is 5. The van der Waals surface area contributed by atoms with Gasteiger partial charge >= 0.3 is 30.1 Å². The number of carboxylic acid groups (broad SMARTS) is 2. The van der Waals surface area contributed by atoms with Crippen LogP contribution in [0, 0.1) is 11.8 Å². The summed E-state index contributed by atoms with van der Waals surface area (Å²) in [5.41, 5.74) is 3.37. The molecule has 77 heavy (non-hydrogen) atoms. The minimum absolute atomic E-state index is 0.0408. The van der Waals surface area contributed by atoms with Crippen molar-refractivity contribution in [2.24, 2.45) is 17.6 Å². The molecule has 1 aliphatic rings. The summed E-state index contributed by atoms with van der Waals surface area (Å²) in [5, 5.41) is 33.2. The fourth-order valence-corrected chi connectivity index (χ4v) is 6.93. The standard InChI is InChI=1S/C21H31ClN4O6S.C21H29ClN4O5S.C2HF3O2.C2H5I.C2H6/c1-12(2)17(26-20(31)21(3,4)23)19(30)32-13(7-5-6-8-22)9-15(27)24-10-16-25-14(11-33-16)18(28)29;1-12(2)17-19(29)31-13(7-5-6-8-22)9-15(27)23-10-16-24-14(11-32-16)18(28)26-21(3,4)20(30)25-17;3-2(4,5)1(6)7;1-2-3;1-2/h5,7,11-13,17H,6,8-10,23H2,1-4H3,(H,24,27)(H,26,31)(H,28,29);5,7,11-13,17H,6,8-10H2,1-4H3,(H,23,27)(H,25,30)(H,26,28);(H,6,7);2H2,1H3;1-2H3/b2*7-5+;;;/t2*13-,17+;;;/m11.../s1. The van der Waals surface area contributed by atoms with Gasteiger partial charge in [-0.3, -0.25) is 24.0 Å². The van der Waals surface area contributed by atoms with E-state index in [4.69, 9.17) is 53.4 Å². The van der Waals surface area contributed by atoms with Gasteiger partial charge in [-0.2, -0.15) is 13.2 Å². The Morgan fingerprint density at radius 3 is 2.06 bits per heavy atom. The molecule has 0 saturated carbocycles. The highest BCUT2D eigenvalue weighted by Gasteiger charge is 2.39. The van der Waals surface area contributed by atoms with Gasteiger partial charge in [0.05, 0.1) is 31.5 Å². The number of halogens is 6. The molecule has 3 rings (SSSR count). The van der Waals surface area contributed by atoms with E-state index in [1.807, 2.05) is 13.8 Å². The first-order valence-corrected chi connectivity index (χ1v) is 28.2. The number of nitrogens with two attached hydrogens (primary N) is 1. The molecule has 2 aromatic rings. The Hall–Kier alpha value is -4.97. The first-order chi connectivity index (χ1) is 35.7. The fraction of sp³-hybridized carbons (Fsp3) is 0.604. The summed E-state index contributed by atoms with van der Waals surface area (Å²) >= 11 is 16.0. The van der Waals surface area contributed by atoms with Gasteiger partial charge in [-0.1, -0.05) is 83.2 Å². The Balaban J connectivity index is 0. The van der Waals surface area contributed by atoms with Crippen molar-refractivity contribution in [2.45, 2.75) is 156 Å². The average molecular weight is 1290 g/mol. The molecule has 0 aromatic carbocycles. The van der Waals surface area contributed by atoms with Crippen LogP contribution in [0.3, 0.4) is 0 Å². The van der Waals surface area contributed by atoms with E-state index in [-0.39, 0.29) is 55.1 Å². The van der Waals surface area contributed by atoms with E-state index >= 15 is 0 Å². The smallest absolute Gasteiger partial charge is 0.476 e. The maximum Gasteiger partial charge on any atom is 0.490 e. The highest BCUT2D eigenvalue weighted by molar-refractivity contribution is 14.1. The number of hydrogen-bond acceptors (Lipinski definition) is 16. The Morgan fingerprint density at radius 2 is 1.57 bits per heavy atom. The molecule has 9 N–H and O–H groups in total. The van der Waals surface area contributed by atoms with Crippen LogP contribution in [0.4, 0.5) is 13.2 Å². The number of alkyl halides is 6. The molecule has 0 fully saturated rings. The molecule has 2 aromatic heterocycles. The van der Waals surface area contributed by atoms with Gasteiger partial charge in [-0.15, -0.1) is 45.9 Å². The number of ether oxygens (including phenoxy) is 2. The van der Waals surface area contributed by atoms with Crippen molar-refractivity contribution in [3.05, 3.63) is 56.5 Å². The van der Waals surface area contributed by atoms with Crippen LogP contribution in [0.2, 0.25) is 0 Å². The lowest BCUT2D eigenvalue weighted by Gasteiger charge is -2.29. The van der Waals surface area contributed by atoms with E-state index in [0.717, 1.165) is 11.3 Å². The third kappa shape index (κ3) is 31.3. The number of allylic oxidation sites excluding steroid dienone is 2. The van der Waals surface area contributed by atoms with Crippen molar-refractivity contribution in [3.63, 3.8) is 0 Å². The molecule has 0 aliphatic carbocycles. The van der Waals surface area contributed by atoms with Crippen molar-refractivity contribution in [3.8, 4) is 0 Å². The van der Waals surface area contributed by atoms with Gasteiger partial charge in [0.1, 0.15) is 45.5 Å². The van der Waals surface area contributed by atoms with Gasteiger partial charge in [0.25, 0.3) is 5.91 Å². The molecule has 0 radical (unpaired) electrons. The number of hydrogen-bond donors (Lipinski definition) is 8. The lowest BCUT2D eigenvalue weighted by Crippen LogP contribution is -2.59. The largest absolute Gasteiger partial charge is 0.490 e. The van der Waals surface area contributed by atoms with Gasteiger partial charge in [0, 0.05) is 22.5 Å². The third-order valence-corrected chi connectivity index (χ3v) is 11.4. The Labute approximate surface area is 478 Å². The van der Waals surface area contributed by atoms with Gasteiger partial charge < -0.3 is 52.0 Å². The predicted molar refractivity (Wildman–Crippen MR) is 296 cm³/mol. The number of carboxylic acids is 2. The molecule has 436 valence electrons. The van der Waals surface area contributed by atoms with E-state index in [0.29, 0.717) is 34.6 Å². The molecule has 29 heteroatoms. The highest BCUT2D eigenvalue weighted by Crippen LogP contribution is 2.17. The van der Waals surface area contributed by atoms with Crippen molar-refractivity contribution >= 4 is 122 Å². The van der Waals surface area contributed by atoms with Gasteiger partial charge in [0.2, 0.25) is 23.6 Å². The van der Waals surface area contributed by atoms with Crippen LogP contribution in [0.5, 0.6) is 0 Å². The van der Waals surface area contributed by atoms with Crippen LogP contribution in [-0.4, -0.2) is 131 Å². The molecule has 1 aliphatic heterocycles. The SMILES string of the molecule is CC.CC(C)[C@@H]1NC(=O)C(C)(C)NC(=O)c2csc(n2)CNC(=O)C[C@@H](/C=C/CCCl)OC1=O.CC(C)[C@H](NC(=O)C(C)(C)N)C(=O)O[C@H](/C=C/CCCl)CC(=O)NCc1nc(C(=O)O)cs1.CCI.O=C(O)C(F)(F)F. The molecule has 0 spiro atoms. The molecule has 3 heterocycles. The lowest BCUT2D eigenvalue weighted by atomic mass is 9.99. The van der Waals surface area contributed by atoms with Crippen molar-refractivity contribution < 1.29 is 76.0 Å². The minimum Gasteiger partial charge on any atom is -0.476 e. The second-order valence-corrected chi connectivity index (χ2v) is 21.7. The summed E-state index contributed by atoms with van der Waals surface area (Å²) in [4.78, 5) is 116. The van der Waals surface area contributed by atoms with Gasteiger partial charge in [-0.05, 0) is 69.0 Å². The molecule has 21 nitrogen and oxygen atoms in total. The summed E-state index contributed by atoms with van der Waals surface area (Å²) in [6, 6.07) is -1.92. The number of nitrogens with zero attached hydrogens (tertiary/aromatic N) is 2. The maximum atomic E-state index is 12.9. The normalized spacial score (nSPS) is 16.7. The second kappa shape index (κ2) is 37.8. The van der Waals surface area contributed by atoms with Crippen LogP contribution >= 0.6 is 68.5 Å². The number of esters is 2. The van der Waals surface area contributed by atoms with Crippen molar-refractivity contribution in [2.75, 3.05) is 16.2 Å². The first kappa shape index (κ1) is 74.1. The summed E-state index contributed by atoms with van der Waals surface area (Å²) < 4.78 is 44.0. The molecule has 5 amide bonds. The van der Waals surface area contributed by atoms with Gasteiger partial charge in [0.15, 0.2) is 5.69 Å².